The number of amides is 1. The van der Waals surface area contributed by atoms with E-state index in [0.717, 1.165) is 16.2 Å². The lowest BCUT2D eigenvalue weighted by Crippen LogP contribution is -2.07. The Morgan fingerprint density at radius 3 is 2.66 bits per heavy atom. The topological polar surface area (TPSA) is 119 Å². The van der Waals surface area contributed by atoms with Crippen LogP contribution in [0.4, 0.5) is 16.5 Å². The number of hydrogen-bond acceptors (Lipinski definition) is 9. The third kappa shape index (κ3) is 5.77. The molecule has 0 spiro atoms. The van der Waals surface area contributed by atoms with Crippen LogP contribution in [0.3, 0.4) is 0 Å². The molecule has 0 bridgehead atoms. The van der Waals surface area contributed by atoms with Crippen LogP contribution in [0.1, 0.15) is 4.88 Å². The summed E-state index contributed by atoms with van der Waals surface area (Å²) in [5.74, 6) is 0.576. The standard InChI is InChI=1S/C18H15N5O4S2/c1-27-18-17(19-10-11-20-18)22-29-14-4-2-12(3-5-14)21-15(24)8-6-13-7-9-16(28-13)23(25)26/h2-11H,1H3,(H,19,22)(H,21,24)/b8-6+. The van der Waals surface area contributed by atoms with Gasteiger partial charge in [-0.1, -0.05) is 11.3 Å². The van der Waals surface area contributed by atoms with Crippen molar-refractivity contribution in [3.05, 3.63) is 69.9 Å². The highest BCUT2D eigenvalue weighted by atomic mass is 32.2. The highest BCUT2D eigenvalue weighted by Gasteiger charge is 2.08. The predicted molar refractivity (Wildman–Crippen MR) is 113 cm³/mol. The minimum atomic E-state index is -0.461. The molecule has 2 N–H and O–H groups in total. The Morgan fingerprint density at radius 1 is 1.21 bits per heavy atom. The second-order valence-electron chi connectivity index (χ2n) is 5.40. The third-order valence-electron chi connectivity index (χ3n) is 3.44. The van der Waals surface area contributed by atoms with Crippen molar-refractivity contribution in [2.24, 2.45) is 0 Å². The summed E-state index contributed by atoms with van der Waals surface area (Å²) in [5.41, 5.74) is 0.623. The van der Waals surface area contributed by atoms with E-state index in [9.17, 15) is 14.9 Å². The minimum Gasteiger partial charge on any atom is -0.478 e. The molecule has 0 atom stereocenters. The van der Waals surface area contributed by atoms with E-state index in [1.807, 2.05) is 12.1 Å². The van der Waals surface area contributed by atoms with E-state index >= 15 is 0 Å². The molecule has 0 saturated carbocycles. The van der Waals surface area contributed by atoms with Gasteiger partial charge in [0.15, 0.2) is 5.82 Å². The largest absolute Gasteiger partial charge is 0.478 e. The molecule has 29 heavy (non-hydrogen) atoms. The van der Waals surface area contributed by atoms with E-state index in [4.69, 9.17) is 4.74 Å². The zero-order chi connectivity index (χ0) is 20.6. The minimum absolute atomic E-state index is 0.0332. The van der Waals surface area contributed by atoms with Crippen LogP contribution >= 0.6 is 23.3 Å². The van der Waals surface area contributed by atoms with E-state index in [1.54, 1.807) is 30.6 Å². The SMILES string of the molecule is COc1nccnc1NSc1ccc(NC(=O)/C=C/c2ccc([N+](=O)[O-])s2)cc1. The molecule has 11 heteroatoms. The molecule has 0 fully saturated rings. The van der Waals surface area contributed by atoms with Crippen LogP contribution in [-0.2, 0) is 4.79 Å². The first-order valence-corrected chi connectivity index (χ1v) is 9.79. The number of nitrogens with zero attached hydrogens (tertiary/aromatic N) is 3. The lowest BCUT2D eigenvalue weighted by atomic mass is 10.3. The summed E-state index contributed by atoms with van der Waals surface area (Å²) in [4.78, 5) is 32.0. The molecule has 0 saturated heterocycles. The second-order valence-corrected chi connectivity index (χ2v) is 7.37. The molecule has 2 aromatic heterocycles. The molecule has 3 rings (SSSR count). The fourth-order valence-corrected chi connectivity index (χ4v) is 3.48. The van der Waals surface area contributed by atoms with Gasteiger partial charge in [-0.3, -0.25) is 14.9 Å². The average Bonchev–Trinajstić information content (AvgIpc) is 3.21. The van der Waals surface area contributed by atoms with Crippen molar-refractivity contribution in [3.8, 4) is 5.88 Å². The molecule has 3 aromatic rings. The Bertz CT molecular complexity index is 1040. The number of anilines is 2. The normalized spacial score (nSPS) is 10.7. The van der Waals surface area contributed by atoms with Crippen molar-refractivity contribution < 1.29 is 14.5 Å². The number of ether oxygens (including phenoxy) is 1. The van der Waals surface area contributed by atoms with Crippen LogP contribution in [-0.4, -0.2) is 27.9 Å². The summed E-state index contributed by atoms with van der Waals surface area (Å²) >= 11 is 2.33. The van der Waals surface area contributed by atoms with E-state index in [2.05, 4.69) is 20.0 Å². The zero-order valence-electron chi connectivity index (χ0n) is 15.1. The van der Waals surface area contributed by atoms with Gasteiger partial charge < -0.3 is 14.8 Å². The van der Waals surface area contributed by atoms with Crippen molar-refractivity contribution in [3.63, 3.8) is 0 Å². The van der Waals surface area contributed by atoms with Crippen LogP contribution in [0.2, 0.25) is 0 Å². The van der Waals surface area contributed by atoms with Crippen molar-refractivity contribution in [1.82, 2.24) is 9.97 Å². The zero-order valence-corrected chi connectivity index (χ0v) is 16.7. The maximum Gasteiger partial charge on any atom is 0.324 e. The molecule has 0 aliphatic rings. The number of methoxy groups -OCH3 is 1. The van der Waals surface area contributed by atoms with Crippen LogP contribution in [0.5, 0.6) is 5.88 Å². The van der Waals surface area contributed by atoms with Crippen LogP contribution in [0.25, 0.3) is 6.08 Å². The smallest absolute Gasteiger partial charge is 0.324 e. The summed E-state index contributed by atoms with van der Waals surface area (Å²) < 4.78 is 8.19. The van der Waals surface area contributed by atoms with Gasteiger partial charge in [-0.15, -0.1) is 0 Å². The van der Waals surface area contributed by atoms with Crippen molar-refractivity contribution in [1.29, 1.82) is 0 Å². The molecular formula is C18H15N5O4S2. The van der Waals surface area contributed by atoms with Crippen LogP contribution < -0.4 is 14.8 Å². The lowest BCUT2D eigenvalue weighted by Gasteiger charge is -2.08. The Hall–Kier alpha value is -3.44. The van der Waals surface area contributed by atoms with Gasteiger partial charge in [0, 0.05) is 40.0 Å². The van der Waals surface area contributed by atoms with Crippen molar-refractivity contribution in [2.75, 3.05) is 17.1 Å². The number of carbonyl (C=O) groups excluding carboxylic acids is 1. The number of benzene rings is 1. The van der Waals surface area contributed by atoms with Gasteiger partial charge in [0.1, 0.15) is 0 Å². The fourth-order valence-electron chi connectivity index (χ4n) is 2.13. The fraction of sp³-hybridized carbons (Fsp3) is 0.0556. The maximum atomic E-state index is 12.0. The Kier molecular flexibility index (Phi) is 6.76. The van der Waals surface area contributed by atoms with Gasteiger partial charge in [0.2, 0.25) is 5.91 Å². The predicted octanol–water partition coefficient (Wildman–Crippen LogP) is 4.23. The summed E-state index contributed by atoms with van der Waals surface area (Å²) in [6.45, 7) is 0. The number of aromatic nitrogens is 2. The highest BCUT2D eigenvalue weighted by molar-refractivity contribution is 8.00. The number of rotatable bonds is 8. The molecule has 0 radical (unpaired) electrons. The molecule has 0 unspecified atom stereocenters. The van der Waals surface area contributed by atoms with Gasteiger partial charge in [-0.25, -0.2) is 9.97 Å². The summed E-state index contributed by atoms with van der Waals surface area (Å²) in [6.07, 6.45) is 5.97. The number of carbonyl (C=O) groups is 1. The molecule has 0 aliphatic carbocycles. The van der Waals surface area contributed by atoms with E-state index in [1.165, 1.54) is 37.3 Å². The number of hydrogen-bond donors (Lipinski definition) is 2. The van der Waals surface area contributed by atoms with Gasteiger partial charge in [0.25, 0.3) is 5.88 Å². The summed E-state index contributed by atoms with van der Waals surface area (Å²) in [6, 6.07) is 10.2. The first-order valence-electron chi connectivity index (χ1n) is 8.16. The van der Waals surface area contributed by atoms with Crippen LogP contribution in [0, 0.1) is 10.1 Å². The molecule has 9 nitrogen and oxygen atoms in total. The number of thiophene rings is 1. The van der Waals surface area contributed by atoms with Gasteiger partial charge in [-0.2, -0.15) is 0 Å². The second kappa shape index (κ2) is 9.66. The molecule has 1 amide bonds. The molecule has 148 valence electrons. The van der Waals surface area contributed by atoms with Gasteiger partial charge in [-0.05, 0) is 48.4 Å². The highest BCUT2D eigenvalue weighted by Crippen LogP contribution is 2.26. The monoisotopic (exact) mass is 429 g/mol. The van der Waals surface area contributed by atoms with Crippen molar-refractivity contribution >= 4 is 51.8 Å². The first-order chi connectivity index (χ1) is 14.0. The molecule has 0 aliphatic heterocycles. The molecule has 1 aromatic carbocycles. The average molecular weight is 429 g/mol. The molecule has 2 heterocycles. The van der Waals surface area contributed by atoms with E-state index < -0.39 is 4.92 Å². The first kappa shape index (κ1) is 20.3. The summed E-state index contributed by atoms with van der Waals surface area (Å²) in [7, 11) is 1.52. The molecular weight excluding hydrogens is 414 g/mol. The quantitative estimate of drug-likeness (QED) is 0.236. The maximum absolute atomic E-state index is 12.0. The third-order valence-corrected chi connectivity index (χ3v) is 5.24. The number of nitrogens with one attached hydrogen (secondary N) is 2. The number of nitro groups is 1. The Morgan fingerprint density at radius 2 is 1.97 bits per heavy atom. The Labute approximate surface area is 174 Å². The lowest BCUT2D eigenvalue weighted by molar-refractivity contribution is -0.380. The van der Waals surface area contributed by atoms with E-state index in [0.29, 0.717) is 22.3 Å². The van der Waals surface area contributed by atoms with Crippen LogP contribution in [0.15, 0.2) is 59.8 Å². The van der Waals surface area contributed by atoms with Gasteiger partial charge >= 0.3 is 5.00 Å². The van der Waals surface area contributed by atoms with Gasteiger partial charge in [0.05, 0.1) is 12.0 Å². The van der Waals surface area contributed by atoms with Crippen molar-refractivity contribution in [2.45, 2.75) is 4.90 Å². The summed E-state index contributed by atoms with van der Waals surface area (Å²) in [5, 5.41) is 13.4. The van der Waals surface area contributed by atoms with E-state index in [-0.39, 0.29) is 10.9 Å². The Balaban J connectivity index is 1.53.